The molecule has 0 aliphatic rings. The van der Waals surface area contributed by atoms with Gasteiger partial charge in [0.05, 0.1) is 0 Å². The van der Waals surface area contributed by atoms with Gasteiger partial charge in [0.25, 0.3) is 0 Å². The lowest BCUT2D eigenvalue weighted by molar-refractivity contribution is -0.111. The summed E-state index contributed by atoms with van der Waals surface area (Å²) in [7, 11) is 0. The third kappa shape index (κ3) is 3.38. The normalized spacial score (nSPS) is 10.3. The number of hydrogen-bond donors (Lipinski definition) is 1. The number of anilines is 1. The number of amides is 1. The molecule has 0 fully saturated rings. The maximum absolute atomic E-state index is 11.0. The van der Waals surface area contributed by atoms with Crippen LogP contribution in [0.15, 0.2) is 35.0 Å². The van der Waals surface area contributed by atoms with Crippen molar-refractivity contribution < 1.29 is 4.79 Å². The van der Waals surface area contributed by atoms with Crippen molar-refractivity contribution in [3.05, 3.63) is 35.0 Å². The smallest absolute Gasteiger partial charge is 0.249 e. The monoisotopic (exact) mass is 240 g/mol. The zero-order valence-corrected chi connectivity index (χ0v) is 8.71. The van der Waals surface area contributed by atoms with Crippen molar-refractivity contribution in [3.8, 4) is 0 Å². The van der Waals surface area contributed by atoms with Crippen LogP contribution in [0.2, 0.25) is 0 Å². The average molecular weight is 241 g/mol. The number of halogens is 1. The van der Waals surface area contributed by atoms with Crippen LogP contribution < -0.4 is 5.32 Å². The zero-order chi connectivity index (χ0) is 9.68. The molecule has 13 heavy (non-hydrogen) atoms. The SMILES string of the molecule is CC=CC(=O)Nc1ccc(Br)cn1. The molecule has 0 radical (unpaired) electrons. The van der Waals surface area contributed by atoms with E-state index >= 15 is 0 Å². The molecule has 0 aliphatic carbocycles. The Morgan fingerprint density at radius 1 is 1.62 bits per heavy atom. The van der Waals surface area contributed by atoms with E-state index in [4.69, 9.17) is 0 Å². The molecule has 0 spiro atoms. The topological polar surface area (TPSA) is 42.0 Å². The van der Waals surface area contributed by atoms with E-state index in [2.05, 4.69) is 26.2 Å². The van der Waals surface area contributed by atoms with Crippen LogP contribution in [-0.2, 0) is 4.79 Å². The Hall–Kier alpha value is -1.16. The third-order valence-corrected chi connectivity index (χ3v) is 1.77. The summed E-state index contributed by atoms with van der Waals surface area (Å²) in [5, 5.41) is 2.61. The number of carbonyl (C=O) groups excluding carboxylic acids is 1. The van der Waals surface area contributed by atoms with Gasteiger partial charge in [0.2, 0.25) is 5.91 Å². The molecule has 1 rings (SSSR count). The van der Waals surface area contributed by atoms with Crippen molar-refractivity contribution in [1.29, 1.82) is 0 Å². The van der Waals surface area contributed by atoms with Gasteiger partial charge < -0.3 is 5.32 Å². The van der Waals surface area contributed by atoms with Crippen LogP contribution in [0.25, 0.3) is 0 Å². The highest BCUT2D eigenvalue weighted by atomic mass is 79.9. The van der Waals surface area contributed by atoms with E-state index in [9.17, 15) is 4.79 Å². The molecule has 1 aromatic heterocycles. The van der Waals surface area contributed by atoms with Gasteiger partial charge in [0, 0.05) is 10.7 Å². The minimum Gasteiger partial charge on any atom is -0.307 e. The standard InChI is InChI=1S/C9H9BrN2O/c1-2-3-9(13)12-8-5-4-7(10)6-11-8/h2-6H,1H3,(H,11,12,13). The van der Waals surface area contributed by atoms with Gasteiger partial charge in [0.1, 0.15) is 5.82 Å². The van der Waals surface area contributed by atoms with Gasteiger partial charge in [-0.1, -0.05) is 6.08 Å². The van der Waals surface area contributed by atoms with Gasteiger partial charge in [-0.2, -0.15) is 0 Å². The molecule has 0 bridgehead atoms. The van der Waals surface area contributed by atoms with E-state index in [0.29, 0.717) is 5.82 Å². The molecule has 0 atom stereocenters. The summed E-state index contributed by atoms with van der Waals surface area (Å²) in [6.45, 7) is 1.79. The van der Waals surface area contributed by atoms with Crippen molar-refractivity contribution in [3.63, 3.8) is 0 Å². The quantitative estimate of drug-likeness (QED) is 0.807. The largest absolute Gasteiger partial charge is 0.307 e. The molecule has 1 heterocycles. The van der Waals surface area contributed by atoms with Gasteiger partial charge in [-0.25, -0.2) is 4.98 Å². The molecule has 0 saturated carbocycles. The number of carbonyl (C=O) groups is 1. The van der Waals surface area contributed by atoms with Gasteiger partial charge in [0.15, 0.2) is 0 Å². The molecule has 0 saturated heterocycles. The molecule has 68 valence electrons. The Morgan fingerprint density at radius 2 is 2.38 bits per heavy atom. The van der Waals surface area contributed by atoms with Gasteiger partial charge in [-0.15, -0.1) is 0 Å². The predicted octanol–water partition coefficient (Wildman–Crippen LogP) is 2.36. The van der Waals surface area contributed by atoms with Crippen molar-refractivity contribution >= 4 is 27.7 Å². The molecular weight excluding hydrogens is 232 g/mol. The summed E-state index contributed by atoms with van der Waals surface area (Å²) in [6, 6.07) is 3.55. The molecule has 0 unspecified atom stereocenters. The summed E-state index contributed by atoms with van der Waals surface area (Å²) in [5.74, 6) is 0.378. The Balaban J connectivity index is 2.64. The number of hydrogen-bond acceptors (Lipinski definition) is 2. The minimum atomic E-state index is -0.169. The van der Waals surface area contributed by atoms with Crippen molar-refractivity contribution in [2.24, 2.45) is 0 Å². The number of nitrogens with zero attached hydrogens (tertiary/aromatic N) is 1. The first-order valence-electron chi connectivity index (χ1n) is 3.77. The fourth-order valence-corrected chi connectivity index (χ4v) is 1.00. The van der Waals surface area contributed by atoms with E-state index in [1.54, 1.807) is 25.3 Å². The third-order valence-electron chi connectivity index (χ3n) is 1.30. The molecule has 3 nitrogen and oxygen atoms in total. The summed E-state index contributed by atoms with van der Waals surface area (Å²) < 4.78 is 0.886. The Bertz CT molecular complexity index is 319. The van der Waals surface area contributed by atoms with Crippen LogP contribution >= 0.6 is 15.9 Å². The zero-order valence-electron chi connectivity index (χ0n) is 7.12. The second-order valence-electron chi connectivity index (χ2n) is 2.35. The molecule has 0 aromatic carbocycles. The van der Waals surface area contributed by atoms with Crippen LogP contribution in [0.5, 0.6) is 0 Å². The van der Waals surface area contributed by atoms with E-state index in [-0.39, 0.29) is 5.91 Å². The lowest BCUT2D eigenvalue weighted by atomic mass is 10.4. The van der Waals surface area contributed by atoms with Crippen molar-refractivity contribution in [1.82, 2.24) is 4.98 Å². The first-order valence-corrected chi connectivity index (χ1v) is 4.57. The Morgan fingerprint density at radius 3 is 2.92 bits per heavy atom. The number of aromatic nitrogens is 1. The summed E-state index contributed by atoms with van der Waals surface area (Å²) in [6.07, 6.45) is 4.75. The summed E-state index contributed by atoms with van der Waals surface area (Å²) in [4.78, 5) is 15.0. The molecule has 4 heteroatoms. The van der Waals surface area contributed by atoms with Crippen LogP contribution in [0.3, 0.4) is 0 Å². The fraction of sp³-hybridized carbons (Fsp3) is 0.111. The lowest BCUT2D eigenvalue weighted by Crippen LogP contribution is -2.08. The summed E-state index contributed by atoms with van der Waals surface area (Å²) in [5.41, 5.74) is 0. The van der Waals surface area contributed by atoms with Crippen LogP contribution in [0, 0.1) is 0 Å². The van der Waals surface area contributed by atoms with E-state index in [1.165, 1.54) is 6.08 Å². The highest BCUT2D eigenvalue weighted by Crippen LogP contribution is 2.10. The molecule has 1 aromatic rings. The first-order chi connectivity index (χ1) is 6.22. The Kier molecular flexibility index (Phi) is 3.64. The fourth-order valence-electron chi connectivity index (χ4n) is 0.769. The van der Waals surface area contributed by atoms with Gasteiger partial charge >= 0.3 is 0 Å². The maximum atomic E-state index is 11.0. The highest BCUT2D eigenvalue weighted by molar-refractivity contribution is 9.10. The second kappa shape index (κ2) is 4.77. The number of nitrogens with one attached hydrogen (secondary N) is 1. The predicted molar refractivity (Wildman–Crippen MR) is 55.4 cm³/mol. The average Bonchev–Trinajstić information content (AvgIpc) is 2.09. The van der Waals surface area contributed by atoms with Crippen molar-refractivity contribution in [2.45, 2.75) is 6.92 Å². The molecule has 1 N–H and O–H groups in total. The maximum Gasteiger partial charge on any atom is 0.249 e. The van der Waals surface area contributed by atoms with E-state index in [1.807, 2.05) is 6.07 Å². The molecule has 0 aliphatic heterocycles. The number of pyridine rings is 1. The summed E-state index contributed by atoms with van der Waals surface area (Å²) >= 11 is 3.25. The number of rotatable bonds is 2. The van der Waals surface area contributed by atoms with Crippen molar-refractivity contribution in [2.75, 3.05) is 5.32 Å². The van der Waals surface area contributed by atoms with E-state index < -0.39 is 0 Å². The van der Waals surface area contributed by atoms with E-state index in [0.717, 1.165) is 4.47 Å². The number of allylic oxidation sites excluding steroid dienone is 1. The Labute approximate surface area is 85.0 Å². The van der Waals surface area contributed by atoms with Gasteiger partial charge in [-0.05, 0) is 41.1 Å². The van der Waals surface area contributed by atoms with Gasteiger partial charge in [-0.3, -0.25) is 4.79 Å². The first kappa shape index (κ1) is 9.92. The van der Waals surface area contributed by atoms with Crippen LogP contribution in [0.4, 0.5) is 5.82 Å². The molecule has 1 amide bonds. The minimum absolute atomic E-state index is 0.169. The molecular formula is C9H9BrN2O. The second-order valence-corrected chi connectivity index (χ2v) is 3.27. The lowest BCUT2D eigenvalue weighted by Gasteiger charge is -1.99. The van der Waals surface area contributed by atoms with Crippen LogP contribution in [-0.4, -0.2) is 10.9 Å². The highest BCUT2D eigenvalue weighted by Gasteiger charge is 1.97. The van der Waals surface area contributed by atoms with Crippen LogP contribution in [0.1, 0.15) is 6.92 Å².